The lowest BCUT2D eigenvalue weighted by atomic mass is 9.79. The van der Waals surface area contributed by atoms with Crippen molar-refractivity contribution in [3.63, 3.8) is 0 Å². The summed E-state index contributed by atoms with van der Waals surface area (Å²) in [5, 5.41) is 27.8. The molecule has 0 rings (SSSR count). The number of carbonyl (C=O) groups excluding carboxylic acids is 3. The molecule has 0 aromatic rings. The Kier molecular flexibility index (Phi) is 12.5. The normalized spacial score (nSPS) is 15.5. The lowest BCUT2D eigenvalue weighted by molar-refractivity contribution is -0.174. The first kappa shape index (κ1) is 31.2. The second-order valence-corrected chi connectivity index (χ2v) is 7.67. The van der Waals surface area contributed by atoms with Crippen molar-refractivity contribution in [2.45, 2.75) is 70.1 Å². The van der Waals surface area contributed by atoms with Crippen molar-refractivity contribution in [1.82, 2.24) is 4.90 Å². The van der Waals surface area contributed by atoms with Gasteiger partial charge in [-0.15, -0.1) is 0 Å². The minimum Gasteiger partial charge on any atom is -0.481 e. The molecule has 0 spiro atoms. The van der Waals surface area contributed by atoms with Gasteiger partial charge in [-0.05, 0) is 25.7 Å². The fraction of sp³-hybridized carbons (Fsp3) is 0.667. The number of carboxylic acid groups (broad SMARTS) is 3. The number of carbonyl (C=O) groups is 6. The Labute approximate surface area is 184 Å². The summed E-state index contributed by atoms with van der Waals surface area (Å²) in [5.74, 6) is -9.25. The van der Waals surface area contributed by atoms with Crippen molar-refractivity contribution in [2.75, 3.05) is 0 Å². The van der Waals surface area contributed by atoms with E-state index in [1.54, 1.807) is 0 Å². The Bertz CT molecular complexity index is 739. The van der Waals surface area contributed by atoms with Crippen LogP contribution < -0.4 is 17.2 Å². The van der Waals surface area contributed by atoms with Crippen LogP contribution in [0.25, 0.3) is 0 Å². The molecule has 0 saturated carbocycles. The molecule has 0 bridgehead atoms. The van der Waals surface area contributed by atoms with E-state index < -0.39 is 90.8 Å². The van der Waals surface area contributed by atoms with Crippen LogP contribution in [0.2, 0.25) is 0 Å². The number of hydrogen-bond acceptors (Lipinski definition) is 9. The molecule has 2 amide bonds. The van der Waals surface area contributed by atoms with E-state index in [9.17, 15) is 33.9 Å². The molecule has 0 fully saturated rings. The van der Waals surface area contributed by atoms with Crippen molar-refractivity contribution < 1.29 is 49.6 Å². The van der Waals surface area contributed by atoms with Gasteiger partial charge in [0.1, 0.15) is 0 Å². The van der Waals surface area contributed by atoms with Crippen LogP contribution in [0, 0.1) is 5.92 Å². The second kappa shape index (κ2) is 12.8. The van der Waals surface area contributed by atoms with E-state index in [0.29, 0.717) is 0 Å². The van der Waals surface area contributed by atoms with Gasteiger partial charge >= 0.3 is 17.9 Å². The van der Waals surface area contributed by atoms with Crippen molar-refractivity contribution in [3.05, 3.63) is 0 Å². The highest BCUT2D eigenvalue weighted by molar-refractivity contribution is 6.17. The zero-order valence-electron chi connectivity index (χ0n) is 18.1. The average Bonchev–Trinajstić information content (AvgIpc) is 2.62. The van der Waals surface area contributed by atoms with Gasteiger partial charge in [0.2, 0.25) is 17.4 Å². The Hall–Kier alpha value is -2.94. The molecule has 0 aliphatic rings. The van der Waals surface area contributed by atoms with Gasteiger partial charge in [-0.25, -0.2) is 4.79 Å². The number of carboxylic acids is 3. The summed E-state index contributed by atoms with van der Waals surface area (Å²) < 4.78 is 0. The van der Waals surface area contributed by atoms with Crippen LogP contribution in [0.3, 0.4) is 0 Å². The lowest BCUT2D eigenvalue weighted by Crippen LogP contribution is -2.71. The summed E-state index contributed by atoms with van der Waals surface area (Å²) in [5.41, 5.74) is 14.1. The van der Waals surface area contributed by atoms with Gasteiger partial charge in [0.05, 0.1) is 24.5 Å². The fourth-order valence-corrected chi connectivity index (χ4v) is 3.05. The molecule has 0 aliphatic carbocycles. The van der Waals surface area contributed by atoms with Crippen LogP contribution in [0.5, 0.6) is 0 Å². The van der Waals surface area contributed by atoms with Gasteiger partial charge in [0, 0.05) is 6.42 Å². The highest BCUT2D eigenvalue weighted by atomic mass is 16.4. The van der Waals surface area contributed by atoms with Crippen molar-refractivity contribution in [2.24, 2.45) is 23.1 Å². The van der Waals surface area contributed by atoms with Crippen LogP contribution in [0.4, 0.5) is 0 Å². The number of imide groups is 1. The average molecular weight is 464 g/mol. The zero-order valence-corrected chi connectivity index (χ0v) is 18.1. The SMILES string of the molecule is CC(C)CC(C(=O)O)(C(=O)C(C)N)N(C(=O)C(N)CCC(=O)O)C(=O)C(N)CC(=O)O.O. The third kappa shape index (κ3) is 7.64. The van der Waals surface area contributed by atoms with E-state index in [1.807, 2.05) is 0 Å². The van der Waals surface area contributed by atoms with Crippen LogP contribution >= 0.6 is 0 Å². The fourth-order valence-electron chi connectivity index (χ4n) is 3.05. The summed E-state index contributed by atoms with van der Waals surface area (Å²) >= 11 is 0. The van der Waals surface area contributed by atoms with Crippen molar-refractivity contribution in [1.29, 1.82) is 0 Å². The third-order valence-electron chi connectivity index (χ3n) is 4.40. The Morgan fingerprint density at radius 3 is 1.66 bits per heavy atom. The number of aliphatic carboxylic acids is 3. The molecule has 0 radical (unpaired) electrons. The monoisotopic (exact) mass is 464 g/mol. The predicted molar refractivity (Wildman–Crippen MR) is 109 cm³/mol. The van der Waals surface area contributed by atoms with Crippen molar-refractivity contribution >= 4 is 35.5 Å². The Balaban J connectivity index is 0. The zero-order chi connectivity index (χ0) is 24.7. The first-order chi connectivity index (χ1) is 14.1. The highest BCUT2D eigenvalue weighted by Crippen LogP contribution is 2.30. The molecule has 14 nitrogen and oxygen atoms in total. The van der Waals surface area contributed by atoms with Gasteiger partial charge in [0.15, 0.2) is 5.78 Å². The number of rotatable bonds is 13. The van der Waals surface area contributed by atoms with E-state index >= 15 is 0 Å². The highest BCUT2D eigenvalue weighted by Gasteiger charge is 2.57. The van der Waals surface area contributed by atoms with E-state index in [1.165, 1.54) is 13.8 Å². The number of Topliss-reactive ketones (excluding diaryl/α,β-unsaturated/α-hetero) is 1. The molecule has 184 valence electrons. The molecule has 0 aromatic heterocycles. The molecular weight excluding hydrogens is 432 g/mol. The standard InChI is InChI=1S/C18H30N4O9.H2O/c1-8(2)7-18(17(30)31,14(27)9(3)19)22(16(29)11(21)6-13(25)26)15(28)10(20)4-5-12(23)24;/h8-11H,4-7,19-21H2,1-3H3,(H,23,24)(H,25,26)(H,30,31);1H2. The Morgan fingerprint density at radius 2 is 1.31 bits per heavy atom. The molecule has 0 saturated heterocycles. The Morgan fingerprint density at radius 1 is 0.844 bits per heavy atom. The van der Waals surface area contributed by atoms with E-state index in [4.69, 9.17) is 27.4 Å². The van der Waals surface area contributed by atoms with Gasteiger partial charge in [0.25, 0.3) is 0 Å². The van der Waals surface area contributed by atoms with Crippen LogP contribution in [0.1, 0.15) is 46.5 Å². The molecule has 0 aromatic carbocycles. The second-order valence-electron chi connectivity index (χ2n) is 7.67. The lowest BCUT2D eigenvalue weighted by Gasteiger charge is -2.41. The molecule has 0 heterocycles. The van der Waals surface area contributed by atoms with Crippen LogP contribution in [-0.2, 0) is 28.8 Å². The maximum atomic E-state index is 13.1. The summed E-state index contributed by atoms with van der Waals surface area (Å²) in [7, 11) is 0. The minimum absolute atomic E-state index is 0. The van der Waals surface area contributed by atoms with E-state index in [2.05, 4.69) is 0 Å². The molecule has 11 N–H and O–H groups in total. The molecular formula is C18H32N4O10. The summed E-state index contributed by atoms with van der Waals surface area (Å²) in [6.45, 7) is 4.22. The van der Waals surface area contributed by atoms with E-state index in [0.717, 1.165) is 6.92 Å². The molecule has 32 heavy (non-hydrogen) atoms. The number of ketones is 1. The third-order valence-corrected chi connectivity index (χ3v) is 4.40. The first-order valence-electron chi connectivity index (χ1n) is 9.45. The maximum absolute atomic E-state index is 13.1. The maximum Gasteiger partial charge on any atom is 0.338 e. The van der Waals surface area contributed by atoms with Crippen molar-refractivity contribution in [3.8, 4) is 0 Å². The summed E-state index contributed by atoms with van der Waals surface area (Å²) in [6.07, 6.45) is -2.57. The van der Waals surface area contributed by atoms with Crippen LogP contribution in [-0.4, -0.2) is 84.9 Å². The number of amides is 2. The number of nitrogens with zero attached hydrogens (tertiary/aromatic N) is 1. The predicted octanol–water partition coefficient (Wildman–Crippen LogP) is -2.70. The topological polar surface area (TPSA) is 276 Å². The van der Waals surface area contributed by atoms with Crippen LogP contribution in [0.15, 0.2) is 0 Å². The first-order valence-corrected chi connectivity index (χ1v) is 9.45. The largest absolute Gasteiger partial charge is 0.481 e. The van der Waals surface area contributed by atoms with E-state index in [-0.39, 0.29) is 10.4 Å². The molecule has 4 unspecified atom stereocenters. The quantitative estimate of drug-likeness (QED) is 0.152. The minimum atomic E-state index is -2.81. The van der Waals surface area contributed by atoms with Gasteiger partial charge in [-0.2, -0.15) is 0 Å². The summed E-state index contributed by atoms with van der Waals surface area (Å²) in [4.78, 5) is 73.3. The number of hydrogen-bond donors (Lipinski definition) is 6. The molecule has 0 aliphatic heterocycles. The number of nitrogens with two attached hydrogens (primary N) is 3. The van der Waals surface area contributed by atoms with Gasteiger partial charge in [-0.1, -0.05) is 13.8 Å². The molecule has 4 atom stereocenters. The smallest absolute Gasteiger partial charge is 0.338 e. The molecule has 14 heteroatoms. The van der Waals surface area contributed by atoms with Gasteiger partial charge in [-0.3, -0.25) is 28.9 Å². The summed E-state index contributed by atoms with van der Waals surface area (Å²) in [6, 6.07) is -4.98. The van der Waals surface area contributed by atoms with Gasteiger partial charge < -0.3 is 38.0 Å².